The monoisotopic (exact) mass is 340 g/mol. The summed E-state index contributed by atoms with van der Waals surface area (Å²) in [5.41, 5.74) is 0.563. The van der Waals surface area contributed by atoms with Crippen LogP contribution in [0.2, 0.25) is 0 Å². The Hall–Kier alpha value is -1.07. The average molecular weight is 341 g/mol. The van der Waals surface area contributed by atoms with Crippen molar-refractivity contribution in [3.63, 3.8) is 0 Å². The number of nitrogens with one attached hydrogen (secondary N) is 2. The molecule has 2 fully saturated rings. The number of carbonyl (C=O) groups is 1. The first kappa shape index (κ1) is 18.3. The van der Waals surface area contributed by atoms with Crippen molar-refractivity contribution in [2.75, 3.05) is 13.1 Å². The third kappa shape index (κ3) is 5.21. The van der Waals surface area contributed by atoms with E-state index in [1.807, 2.05) is 16.9 Å². The van der Waals surface area contributed by atoms with E-state index >= 15 is 0 Å². The van der Waals surface area contributed by atoms with Gasteiger partial charge in [-0.25, -0.2) is 0 Å². The van der Waals surface area contributed by atoms with Gasteiger partial charge >= 0.3 is 0 Å². The molecule has 2 heterocycles. The van der Waals surface area contributed by atoms with Crippen molar-refractivity contribution in [1.82, 2.24) is 20.4 Å². The van der Waals surface area contributed by atoms with Crippen molar-refractivity contribution < 1.29 is 4.79 Å². The van der Waals surface area contributed by atoms with E-state index in [0.29, 0.717) is 17.8 Å². The number of halogens is 1. The van der Waals surface area contributed by atoms with Gasteiger partial charge in [-0.15, -0.1) is 12.4 Å². The fourth-order valence-electron chi connectivity index (χ4n) is 3.58. The number of piperidine rings is 1. The Morgan fingerprint density at radius 1 is 1.13 bits per heavy atom. The first-order valence-corrected chi connectivity index (χ1v) is 8.89. The Kier molecular flexibility index (Phi) is 7.37. The van der Waals surface area contributed by atoms with Crippen LogP contribution in [-0.2, 0) is 0 Å². The summed E-state index contributed by atoms with van der Waals surface area (Å²) in [6.45, 7) is 2.04. The van der Waals surface area contributed by atoms with Crippen LogP contribution in [0.1, 0.15) is 74.3 Å². The molecule has 1 saturated carbocycles. The normalized spacial score (nSPS) is 23.4. The molecule has 1 aromatic rings. The van der Waals surface area contributed by atoms with Gasteiger partial charge in [-0.2, -0.15) is 5.10 Å². The summed E-state index contributed by atoms with van der Waals surface area (Å²) in [5, 5.41) is 11.1. The second-order valence-electron chi connectivity index (χ2n) is 6.70. The standard InChI is InChI=1S/C17H28N4O.ClH/c22-17(19-14-7-4-2-1-3-5-8-14)16-10-12-21(20-16)15-9-6-11-18-13-15;/h10,12,14-15,18H,1-9,11,13H2,(H,19,22);1H. The summed E-state index contributed by atoms with van der Waals surface area (Å²) in [6.07, 6.45) is 12.9. The van der Waals surface area contributed by atoms with E-state index in [-0.39, 0.29) is 18.3 Å². The molecular weight excluding hydrogens is 312 g/mol. The van der Waals surface area contributed by atoms with Gasteiger partial charge < -0.3 is 10.6 Å². The van der Waals surface area contributed by atoms with Gasteiger partial charge in [0.05, 0.1) is 6.04 Å². The molecule has 1 aliphatic heterocycles. The summed E-state index contributed by atoms with van der Waals surface area (Å²) < 4.78 is 1.96. The Bertz CT molecular complexity index is 477. The third-order valence-electron chi connectivity index (χ3n) is 4.93. The minimum Gasteiger partial charge on any atom is -0.348 e. The zero-order valence-electron chi connectivity index (χ0n) is 13.8. The fourth-order valence-corrected chi connectivity index (χ4v) is 3.58. The van der Waals surface area contributed by atoms with Gasteiger partial charge in [0, 0.05) is 18.8 Å². The molecule has 1 saturated heterocycles. The summed E-state index contributed by atoms with van der Waals surface area (Å²) in [5.74, 6) is -0.00640. The summed E-state index contributed by atoms with van der Waals surface area (Å²) in [7, 11) is 0. The van der Waals surface area contributed by atoms with Crippen LogP contribution in [0.3, 0.4) is 0 Å². The lowest BCUT2D eigenvalue weighted by atomic mass is 9.96. The maximum Gasteiger partial charge on any atom is 0.271 e. The molecule has 6 heteroatoms. The van der Waals surface area contributed by atoms with Crippen LogP contribution in [0.25, 0.3) is 0 Å². The van der Waals surface area contributed by atoms with Crippen molar-refractivity contribution in [3.8, 4) is 0 Å². The summed E-state index contributed by atoms with van der Waals surface area (Å²) in [4.78, 5) is 12.4. The van der Waals surface area contributed by atoms with Crippen molar-refractivity contribution in [1.29, 1.82) is 0 Å². The molecule has 1 amide bonds. The Labute approximate surface area is 145 Å². The number of aromatic nitrogens is 2. The molecule has 23 heavy (non-hydrogen) atoms. The zero-order chi connectivity index (χ0) is 15.2. The molecule has 2 aliphatic rings. The molecule has 2 N–H and O–H groups in total. The summed E-state index contributed by atoms with van der Waals surface area (Å²) in [6, 6.07) is 2.57. The number of carbonyl (C=O) groups excluding carboxylic acids is 1. The predicted octanol–water partition coefficient (Wildman–Crippen LogP) is 3.07. The molecular formula is C17H29ClN4O. The smallest absolute Gasteiger partial charge is 0.271 e. The first-order chi connectivity index (χ1) is 10.8. The van der Waals surface area contributed by atoms with E-state index in [9.17, 15) is 4.79 Å². The van der Waals surface area contributed by atoms with Crippen LogP contribution in [0.4, 0.5) is 0 Å². The second kappa shape index (κ2) is 9.28. The van der Waals surface area contributed by atoms with E-state index in [4.69, 9.17) is 0 Å². The van der Waals surface area contributed by atoms with Crippen LogP contribution >= 0.6 is 12.4 Å². The lowest BCUT2D eigenvalue weighted by Crippen LogP contribution is -2.36. The largest absolute Gasteiger partial charge is 0.348 e. The maximum absolute atomic E-state index is 12.4. The highest BCUT2D eigenvalue weighted by molar-refractivity contribution is 5.92. The minimum absolute atomic E-state index is 0. The Morgan fingerprint density at radius 3 is 2.57 bits per heavy atom. The minimum atomic E-state index is -0.00640. The average Bonchev–Trinajstić information content (AvgIpc) is 3.01. The van der Waals surface area contributed by atoms with Crippen molar-refractivity contribution >= 4 is 18.3 Å². The molecule has 5 nitrogen and oxygen atoms in total. The van der Waals surface area contributed by atoms with E-state index in [0.717, 1.165) is 32.4 Å². The van der Waals surface area contributed by atoms with Crippen molar-refractivity contribution in [3.05, 3.63) is 18.0 Å². The molecule has 0 spiro atoms. The van der Waals surface area contributed by atoms with Gasteiger partial charge in [-0.1, -0.05) is 32.1 Å². The van der Waals surface area contributed by atoms with Crippen LogP contribution in [0.15, 0.2) is 12.3 Å². The molecule has 1 aliphatic carbocycles. The topological polar surface area (TPSA) is 59.0 Å². The van der Waals surface area contributed by atoms with Gasteiger partial charge in [0.25, 0.3) is 5.91 Å². The molecule has 130 valence electrons. The Balaban J connectivity index is 0.00000192. The van der Waals surface area contributed by atoms with Crippen molar-refractivity contribution in [2.45, 2.75) is 69.9 Å². The van der Waals surface area contributed by atoms with Crippen molar-refractivity contribution in [2.24, 2.45) is 0 Å². The van der Waals surface area contributed by atoms with Crippen LogP contribution < -0.4 is 10.6 Å². The second-order valence-corrected chi connectivity index (χ2v) is 6.70. The zero-order valence-corrected chi connectivity index (χ0v) is 14.6. The van der Waals surface area contributed by atoms with E-state index < -0.39 is 0 Å². The van der Waals surface area contributed by atoms with Crippen LogP contribution in [0.5, 0.6) is 0 Å². The lowest BCUT2D eigenvalue weighted by molar-refractivity contribution is 0.0924. The van der Waals surface area contributed by atoms with Crippen LogP contribution in [0, 0.1) is 0 Å². The number of amides is 1. The van der Waals surface area contributed by atoms with Gasteiger partial charge in [0.2, 0.25) is 0 Å². The first-order valence-electron chi connectivity index (χ1n) is 8.89. The van der Waals surface area contributed by atoms with Gasteiger partial charge in [0.1, 0.15) is 5.69 Å². The number of rotatable bonds is 3. The maximum atomic E-state index is 12.4. The molecule has 1 unspecified atom stereocenters. The molecule has 3 rings (SSSR count). The fraction of sp³-hybridized carbons (Fsp3) is 0.765. The van der Waals surface area contributed by atoms with Gasteiger partial charge in [-0.05, 0) is 38.3 Å². The quantitative estimate of drug-likeness (QED) is 0.889. The van der Waals surface area contributed by atoms with Gasteiger partial charge in [0.15, 0.2) is 0 Å². The molecule has 0 bridgehead atoms. The highest BCUT2D eigenvalue weighted by Crippen LogP contribution is 2.18. The highest BCUT2D eigenvalue weighted by atomic mass is 35.5. The number of hydrogen-bond donors (Lipinski definition) is 2. The third-order valence-corrected chi connectivity index (χ3v) is 4.93. The van der Waals surface area contributed by atoms with E-state index in [2.05, 4.69) is 15.7 Å². The molecule has 1 aromatic heterocycles. The molecule has 1 atom stereocenters. The Morgan fingerprint density at radius 2 is 1.87 bits per heavy atom. The van der Waals surface area contributed by atoms with Crippen LogP contribution in [-0.4, -0.2) is 34.8 Å². The SMILES string of the molecule is Cl.O=C(NC1CCCCCCC1)c1ccn(C2CCCNC2)n1. The number of nitrogens with zero attached hydrogens (tertiary/aromatic N) is 2. The summed E-state index contributed by atoms with van der Waals surface area (Å²) >= 11 is 0. The van der Waals surface area contributed by atoms with Gasteiger partial charge in [-0.3, -0.25) is 9.48 Å². The van der Waals surface area contributed by atoms with E-state index in [1.165, 1.54) is 38.5 Å². The predicted molar refractivity (Wildman–Crippen MR) is 94.2 cm³/mol. The lowest BCUT2D eigenvalue weighted by Gasteiger charge is -2.23. The molecule has 0 aromatic carbocycles. The highest BCUT2D eigenvalue weighted by Gasteiger charge is 2.19. The number of hydrogen-bond acceptors (Lipinski definition) is 3. The van der Waals surface area contributed by atoms with E-state index in [1.54, 1.807) is 0 Å². The molecule has 0 radical (unpaired) electrons.